The second-order valence-electron chi connectivity index (χ2n) is 2.80. The Labute approximate surface area is 74.7 Å². The number of benzene rings is 1. The van der Waals surface area contributed by atoms with E-state index >= 15 is 0 Å². The first-order chi connectivity index (χ1) is 6.31. The highest BCUT2D eigenvalue weighted by Crippen LogP contribution is 2.12. The maximum absolute atomic E-state index is 11.2. The summed E-state index contributed by atoms with van der Waals surface area (Å²) in [4.78, 5) is 11.2. The molecule has 13 heavy (non-hydrogen) atoms. The second-order valence-corrected chi connectivity index (χ2v) is 2.80. The summed E-state index contributed by atoms with van der Waals surface area (Å²) in [6.45, 7) is 0.0450. The first-order valence-electron chi connectivity index (χ1n) is 3.97. The number of nitrogens with zero attached hydrogens (tertiary/aromatic N) is 1. The Hall–Kier alpha value is -1.68. The zero-order chi connectivity index (χ0) is 9.26. The molecule has 4 nitrogen and oxygen atoms in total. The summed E-state index contributed by atoms with van der Waals surface area (Å²) in [5, 5.41) is 7.60. The number of ketones is 1. The highest BCUT2D eigenvalue weighted by molar-refractivity contribution is 6.00. The standard InChI is InChI=1S/C9H9N3O/c10-4-9(13)6-1-2-8-7(3-6)5-11-12-8/h1-3,5H,4,10H2,(H,11,12). The molecule has 2 rings (SSSR count). The second kappa shape index (κ2) is 2.99. The topological polar surface area (TPSA) is 71.8 Å². The molecule has 0 unspecified atom stereocenters. The summed E-state index contributed by atoms with van der Waals surface area (Å²) in [5.74, 6) is -0.0527. The number of rotatable bonds is 2. The van der Waals surface area contributed by atoms with Crippen LogP contribution >= 0.6 is 0 Å². The van der Waals surface area contributed by atoms with Crippen LogP contribution in [-0.4, -0.2) is 22.5 Å². The van der Waals surface area contributed by atoms with E-state index in [-0.39, 0.29) is 12.3 Å². The summed E-state index contributed by atoms with van der Waals surface area (Å²) in [5.41, 5.74) is 6.81. The van der Waals surface area contributed by atoms with Crippen LogP contribution in [0, 0.1) is 0 Å². The lowest BCUT2D eigenvalue weighted by Gasteiger charge is -1.96. The quantitative estimate of drug-likeness (QED) is 0.660. The van der Waals surface area contributed by atoms with Gasteiger partial charge in [0.05, 0.1) is 18.3 Å². The number of carbonyl (C=O) groups excluding carboxylic acids is 1. The van der Waals surface area contributed by atoms with Crippen molar-refractivity contribution in [3.63, 3.8) is 0 Å². The summed E-state index contributed by atoms with van der Waals surface area (Å²) in [7, 11) is 0. The van der Waals surface area contributed by atoms with Crippen molar-refractivity contribution in [2.24, 2.45) is 5.73 Å². The van der Waals surface area contributed by atoms with Gasteiger partial charge in [-0.2, -0.15) is 5.10 Å². The minimum absolute atomic E-state index is 0.0450. The largest absolute Gasteiger partial charge is 0.324 e. The third kappa shape index (κ3) is 1.31. The maximum atomic E-state index is 11.2. The summed E-state index contributed by atoms with van der Waals surface area (Å²) in [6, 6.07) is 5.36. The van der Waals surface area contributed by atoms with E-state index in [4.69, 9.17) is 5.73 Å². The Bertz CT molecular complexity index is 447. The van der Waals surface area contributed by atoms with Crippen molar-refractivity contribution in [3.8, 4) is 0 Å². The van der Waals surface area contributed by atoms with E-state index in [1.807, 2.05) is 6.07 Å². The minimum atomic E-state index is -0.0527. The van der Waals surface area contributed by atoms with Crippen molar-refractivity contribution in [2.45, 2.75) is 0 Å². The van der Waals surface area contributed by atoms with Gasteiger partial charge >= 0.3 is 0 Å². The maximum Gasteiger partial charge on any atom is 0.176 e. The molecule has 0 saturated heterocycles. The molecule has 0 amide bonds. The molecule has 0 saturated carbocycles. The van der Waals surface area contributed by atoms with Crippen molar-refractivity contribution in [2.75, 3.05) is 6.54 Å². The molecule has 1 aromatic carbocycles. The molecule has 2 aromatic rings. The van der Waals surface area contributed by atoms with Crippen LogP contribution < -0.4 is 5.73 Å². The smallest absolute Gasteiger partial charge is 0.176 e. The Balaban J connectivity index is 2.54. The van der Waals surface area contributed by atoms with Gasteiger partial charge in [0, 0.05) is 10.9 Å². The van der Waals surface area contributed by atoms with Crippen LogP contribution in [0.25, 0.3) is 10.9 Å². The van der Waals surface area contributed by atoms with Crippen molar-refractivity contribution in [1.29, 1.82) is 0 Å². The third-order valence-corrected chi connectivity index (χ3v) is 1.95. The first kappa shape index (κ1) is 7.94. The van der Waals surface area contributed by atoms with Gasteiger partial charge in [0.1, 0.15) is 0 Å². The van der Waals surface area contributed by atoms with Crippen LogP contribution in [-0.2, 0) is 0 Å². The normalized spacial score (nSPS) is 10.5. The van der Waals surface area contributed by atoms with E-state index in [2.05, 4.69) is 10.2 Å². The van der Waals surface area contributed by atoms with Crippen LogP contribution in [0.1, 0.15) is 10.4 Å². The molecule has 4 heteroatoms. The minimum Gasteiger partial charge on any atom is -0.324 e. The Morgan fingerprint density at radius 2 is 2.38 bits per heavy atom. The lowest BCUT2D eigenvalue weighted by Crippen LogP contribution is -2.13. The highest BCUT2D eigenvalue weighted by Gasteiger charge is 2.04. The van der Waals surface area contributed by atoms with Gasteiger partial charge in [-0.05, 0) is 18.2 Å². The zero-order valence-corrected chi connectivity index (χ0v) is 6.95. The number of hydrogen-bond acceptors (Lipinski definition) is 3. The third-order valence-electron chi connectivity index (χ3n) is 1.95. The monoisotopic (exact) mass is 175 g/mol. The molecule has 1 aromatic heterocycles. The zero-order valence-electron chi connectivity index (χ0n) is 6.95. The fourth-order valence-electron chi connectivity index (χ4n) is 1.23. The summed E-state index contributed by atoms with van der Waals surface area (Å²) in [6.07, 6.45) is 1.68. The highest BCUT2D eigenvalue weighted by atomic mass is 16.1. The van der Waals surface area contributed by atoms with Gasteiger partial charge in [-0.25, -0.2) is 0 Å². The fourth-order valence-corrected chi connectivity index (χ4v) is 1.23. The molecule has 1 heterocycles. The first-order valence-corrected chi connectivity index (χ1v) is 3.97. The molecule has 0 bridgehead atoms. The van der Waals surface area contributed by atoms with E-state index < -0.39 is 0 Å². The number of fused-ring (bicyclic) bond motifs is 1. The Morgan fingerprint density at radius 3 is 3.15 bits per heavy atom. The van der Waals surface area contributed by atoms with Crippen molar-refractivity contribution in [3.05, 3.63) is 30.0 Å². The lowest BCUT2D eigenvalue weighted by atomic mass is 10.1. The molecule has 0 aliphatic carbocycles. The molecular weight excluding hydrogens is 166 g/mol. The molecular formula is C9H9N3O. The van der Waals surface area contributed by atoms with E-state index in [0.29, 0.717) is 5.56 Å². The Morgan fingerprint density at radius 1 is 1.54 bits per heavy atom. The van der Waals surface area contributed by atoms with E-state index in [9.17, 15) is 4.79 Å². The van der Waals surface area contributed by atoms with Crippen LogP contribution in [0.15, 0.2) is 24.4 Å². The van der Waals surface area contributed by atoms with Crippen LogP contribution in [0.5, 0.6) is 0 Å². The predicted octanol–water partition coefficient (Wildman–Crippen LogP) is 0.704. The molecule has 0 radical (unpaired) electrons. The predicted molar refractivity (Wildman–Crippen MR) is 49.5 cm³/mol. The van der Waals surface area contributed by atoms with Gasteiger partial charge in [-0.15, -0.1) is 0 Å². The van der Waals surface area contributed by atoms with E-state index in [0.717, 1.165) is 10.9 Å². The number of H-pyrrole nitrogens is 1. The van der Waals surface area contributed by atoms with Gasteiger partial charge in [-0.3, -0.25) is 9.89 Å². The fraction of sp³-hybridized carbons (Fsp3) is 0.111. The number of Topliss-reactive ketones (excluding diaryl/α,β-unsaturated/α-hetero) is 1. The molecule has 0 aliphatic rings. The van der Waals surface area contributed by atoms with Gasteiger partial charge in [0.15, 0.2) is 5.78 Å². The molecule has 0 aliphatic heterocycles. The SMILES string of the molecule is NCC(=O)c1ccc2[nH]ncc2c1. The van der Waals surface area contributed by atoms with Gasteiger partial charge in [0.25, 0.3) is 0 Å². The number of hydrogen-bond donors (Lipinski definition) is 2. The molecule has 0 fully saturated rings. The van der Waals surface area contributed by atoms with Crippen molar-refractivity contribution >= 4 is 16.7 Å². The van der Waals surface area contributed by atoms with Crippen molar-refractivity contribution in [1.82, 2.24) is 10.2 Å². The van der Waals surface area contributed by atoms with Gasteiger partial charge in [0.2, 0.25) is 0 Å². The van der Waals surface area contributed by atoms with Gasteiger partial charge in [-0.1, -0.05) is 0 Å². The number of aromatic amines is 1. The van der Waals surface area contributed by atoms with Crippen LogP contribution in [0.3, 0.4) is 0 Å². The summed E-state index contributed by atoms with van der Waals surface area (Å²) >= 11 is 0. The average molecular weight is 175 g/mol. The molecule has 0 spiro atoms. The lowest BCUT2D eigenvalue weighted by molar-refractivity contribution is 0.100. The molecule has 0 atom stereocenters. The van der Waals surface area contributed by atoms with Crippen LogP contribution in [0.2, 0.25) is 0 Å². The summed E-state index contributed by atoms with van der Waals surface area (Å²) < 4.78 is 0. The Kier molecular flexibility index (Phi) is 1.83. The van der Waals surface area contributed by atoms with Crippen molar-refractivity contribution < 1.29 is 4.79 Å². The number of aromatic nitrogens is 2. The van der Waals surface area contributed by atoms with Crippen LogP contribution in [0.4, 0.5) is 0 Å². The number of nitrogens with one attached hydrogen (secondary N) is 1. The van der Waals surface area contributed by atoms with Gasteiger partial charge < -0.3 is 5.73 Å². The number of nitrogens with two attached hydrogens (primary N) is 1. The molecule has 3 N–H and O–H groups in total. The van der Waals surface area contributed by atoms with E-state index in [1.54, 1.807) is 18.3 Å². The average Bonchev–Trinajstić information content (AvgIpc) is 2.63. The number of carbonyl (C=O) groups is 1. The molecule has 66 valence electrons. The van der Waals surface area contributed by atoms with E-state index in [1.165, 1.54) is 0 Å².